The third-order valence-electron chi connectivity index (χ3n) is 3.18. The summed E-state index contributed by atoms with van der Waals surface area (Å²) in [6.07, 6.45) is 2.03. The summed E-state index contributed by atoms with van der Waals surface area (Å²) >= 11 is 0. The molecule has 6 nitrogen and oxygen atoms in total. The van der Waals surface area contributed by atoms with Crippen LogP contribution in [0.4, 0.5) is 0 Å². The number of hydrogen-bond donors (Lipinski definition) is 0. The highest BCUT2D eigenvalue weighted by molar-refractivity contribution is 7.52. The fraction of sp³-hybridized carbons (Fsp3) is 0.941. The predicted octanol–water partition coefficient (Wildman–Crippen LogP) is 4.52. The zero-order chi connectivity index (χ0) is 18.6. The van der Waals surface area contributed by atoms with E-state index >= 15 is 0 Å². The van der Waals surface area contributed by atoms with Gasteiger partial charge in [-0.25, -0.2) is 4.57 Å². The van der Waals surface area contributed by atoms with Crippen molar-refractivity contribution in [2.24, 2.45) is 4.76 Å². The molecule has 0 aromatic rings. The Bertz CT molecular complexity index is 444. The molecule has 0 N–H and O–H groups in total. The molecule has 0 radical (unpaired) electrons. The monoisotopic (exact) mass is 361 g/mol. The maximum Gasteiger partial charge on any atom is 0.458 e. The summed E-state index contributed by atoms with van der Waals surface area (Å²) in [5, 5.41) is 0. The number of guanidine groups is 1. The first-order valence-electron chi connectivity index (χ1n) is 9.01. The largest absolute Gasteiger partial charge is 0.458 e. The minimum atomic E-state index is -3.63. The van der Waals surface area contributed by atoms with Gasteiger partial charge in [-0.2, -0.15) is 0 Å². The topological polar surface area (TPSA) is 54.4 Å². The smallest absolute Gasteiger partial charge is 0.341 e. The van der Waals surface area contributed by atoms with Crippen LogP contribution < -0.4 is 0 Å². The van der Waals surface area contributed by atoms with Crippen LogP contribution in [0, 0.1) is 0 Å². The van der Waals surface area contributed by atoms with E-state index in [-0.39, 0.29) is 0 Å². The SMILES string of the molecule is CCCN1CCN(CCC)C1=NP(=O)(OC(C)(C)C)OC(C)(C)C. The van der Waals surface area contributed by atoms with Crippen molar-refractivity contribution in [2.75, 3.05) is 26.2 Å². The second-order valence-corrected chi connectivity index (χ2v) is 9.75. The van der Waals surface area contributed by atoms with E-state index in [0.29, 0.717) is 0 Å². The van der Waals surface area contributed by atoms with Crippen molar-refractivity contribution in [3.63, 3.8) is 0 Å². The van der Waals surface area contributed by atoms with Crippen molar-refractivity contribution in [1.29, 1.82) is 0 Å². The highest BCUT2D eigenvalue weighted by Crippen LogP contribution is 2.56. The van der Waals surface area contributed by atoms with Crippen molar-refractivity contribution in [3.05, 3.63) is 0 Å². The summed E-state index contributed by atoms with van der Waals surface area (Å²) in [7, 11) is -3.63. The summed E-state index contributed by atoms with van der Waals surface area (Å²) in [6.45, 7) is 19.1. The molecule has 1 heterocycles. The molecule has 1 fully saturated rings. The Morgan fingerprint density at radius 3 is 1.58 bits per heavy atom. The molecule has 0 unspecified atom stereocenters. The second-order valence-electron chi connectivity index (χ2n) is 8.25. The van der Waals surface area contributed by atoms with Crippen LogP contribution in [-0.2, 0) is 13.6 Å². The van der Waals surface area contributed by atoms with Crippen LogP contribution in [-0.4, -0.2) is 53.1 Å². The molecule has 1 aliphatic heterocycles. The van der Waals surface area contributed by atoms with Crippen molar-refractivity contribution in [2.45, 2.75) is 79.4 Å². The van der Waals surface area contributed by atoms with E-state index in [1.165, 1.54) is 0 Å². The van der Waals surface area contributed by atoms with Crippen LogP contribution in [0.1, 0.15) is 68.2 Å². The van der Waals surface area contributed by atoms with Gasteiger partial charge < -0.3 is 9.80 Å². The normalized spacial score (nSPS) is 16.9. The quantitative estimate of drug-likeness (QED) is 0.624. The van der Waals surface area contributed by atoms with Crippen LogP contribution in [0.3, 0.4) is 0 Å². The minimum absolute atomic E-state index is 0.603. The van der Waals surface area contributed by atoms with Gasteiger partial charge in [-0.05, 0) is 54.4 Å². The van der Waals surface area contributed by atoms with E-state index in [0.717, 1.165) is 45.0 Å². The van der Waals surface area contributed by atoms with Gasteiger partial charge in [0.2, 0.25) is 5.96 Å². The standard InChI is InChI=1S/C17H36N3O3P/c1-9-11-19-13-14-20(12-10-2)15(19)18-24(21,22-16(3,4)5)23-17(6,7)8/h9-14H2,1-8H3. The van der Waals surface area contributed by atoms with Crippen molar-refractivity contribution in [1.82, 2.24) is 9.80 Å². The molecule has 7 heteroatoms. The van der Waals surface area contributed by atoms with Gasteiger partial charge in [-0.3, -0.25) is 9.05 Å². The molecule has 0 aromatic carbocycles. The Hall–Kier alpha value is -0.580. The summed E-state index contributed by atoms with van der Waals surface area (Å²) in [6, 6.07) is 0. The average Bonchev–Trinajstić information content (AvgIpc) is 2.68. The fourth-order valence-electron chi connectivity index (χ4n) is 2.59. The average molecular weight is 361 g/mol. The lowest BCUT2D eigenvalue weighted by molar-refractivity contribution is 0.0493. The Labute approximate surface area is 148 Å². The van der Waals surface area contributed by atoms with Gasteiger partial charge in [-0.15, -0.1) is 4.76 Å². The molecule has 0 saturated carbocycles. The predicted molar refractivity (Wildman–Crippen MR) is 100 cm³/mol. The lowest BCUT2D eigenvalue weighted by Gasteiger charge is -2.31. The number of rotatable bonds is 7. The van der Waals surface area contributed by atoms with Crippen molar-refractivity contribution < 1.29 is 13.6 Å². The van der Waals surface area contributed by atoms with E-state index in [1.54, 1.807) is 0 Å². The van der Waals surface area contributed by atoms with Gasteiger partial charge in [-0.1, -0.05) is 13.8 Å². The zero-order valence-electron chi connectivity index (χ0n) is 16.8. The fourth-order valence-corrected chi connectivity index (χ4v) is 4.57. The van der Waals surface area contributed by atoms with E-state index in [4.69, 9.17) is 9.05 Å². The molecule has 1 rings (SSSR count). The maximum atomic E-state index is 13.4. The Kier molecular flexibility index (Phi) is 7.33. The number of hydrogen-bond acceptors (Lipinski definition) is 3. The van der Waals surface area contributed by atoms with Gasteiger partial charge >= 0.3 is 7.75 Å². The number of nitrogens with zero attached hydrogens (tertiary/aromatic N) is 3. The highest BCUT2D eigenvalue weighted by atomic mass is 31.2. The Balaban J connectivity index is 3.22. The van der Waals surface area contributed by atoms with Crippen LogP contribution in [0.5, 0.6) is 0 Å². The van der Waals surface area contributed by atoms with Gasteiger partial charge in [0.25, 0.3) is 0 Å². The molecule has 0 atom stereocenters. The highest BCUT2D eigenvalue weighted by Gasteiger charge is 2.38. The first-order chi connectivity index (χ1) is 10.9. The maximum absolute atomic E-state index is 13.4. The van der Waals surface area contributed by atoms with Gasteiger partial charge in [0, 0.05) is 26.2 Å². The van der Waals surface area contributed by atoms with Crippen molar-refractivity contribution in [3.8, 4) is 0 Å². The Morgan fingerprint density at radius 2 is 1.29 bits per heavy atom. The van der Waals surface area contributed by atoms with E-state index in [9.17, 15) is 4.57 Å². The first-order valence-corrected chi connectivity index (χ1v) is 10.5. The Morgan fingerprint density at radius 1 is 0.917 bits per heavy atom. The summed E-state index contributed by atoms with van der Waals surface area (Å²) in [5.41, 5.74) is -1.21. The van der Waals surface area contributed by atoms with Crippen molar-refractivity contribution >= 4 is 13.7 Å². The first kappa shape index (κ1) is 21.5. The summed E-state index contributed by atoms with van der Waals surface area (Å²) < 4.78 is 29.6. The summed E-state index contributed by atoms with van der Waals surface area (Å²) in [4.78, 5) is 4.36. The van der Waals surface area contributed by atoms with Crippen LogP contribution >= 0.6 is 7.75 Å². The summed E-state index contributed by atoms with van der Waals surface area (Å²) in [5.74, 6) is 0.746. The van der Waals surface area contributed by atoms with Crippen LogP contribution in [0.15, 0.2) is 4.76 Å². The molecular weight excluding hydrogens is 325 g/mol. The van der Waals surface area contributed by atoms with E-state index in [2.05, 4.69) is 28.4 Å². The van der Waals surface area contributed by atoms with E-state index < -0.39 is 18.9 Å². The van der Waals surface area contributed by atoms with Crippen LogP contribution in [0.25, 0.3) is 0 Å². The van der Waals surface area contributed by atoms with Gasteiger partial charge in [0.1, 0.15) is 0 Å². The molecule has 0 spiro atoms. The second kappa shape index (κ2) is 8.20. The molecule has 0 bridgehead atoms. The molecule has 1 saturated heterocycles. The molecule has 1 aliphatic rings. The molecule has 24 heavy (non-hydrogen) atoms. The third-order valence-corrected chi connectivity index (χ3v) is 5.16. The molecule has 0 aromatic heterocycles. The molecule has 0 amide bonds. The molecule has 0 aliphatic carbocycles. The minimum Gasteiger partial charge on any atom is -0.341 e. The molecule has 142 valence electrons. The zero-order valence-corrected chi connectivity index (χ0v) is 17.7. The lowest BCUT2D eigenvalue weighted by atomic mass is 10.2. The van der Waals surface area contributed by atoms with Crippen LogP contribution in [0.2, 0.25) is 0 Å². The van der Waals surface area contributed by atoms with Gasteiger partial charge in [0.05, 0.1) is 11.2 Å². The third kappa shape index (κ3) is 7.12. The molecular formula is C17H36N3O3P. The van der Waals surface area contributed by atoms with Gasteiger partial charge in [0.15, 0.2) is 0 Å². The van der Waals surface area contributed by atoms with E-state index in [1.807, 2.05) is 41.5 Å². The lowest BCUT2D eigenvalue weighted by Crippen LogP contribution is -2.35.